The summed E-state index contributed by atoms with van der Waals surface area (Å²) >= 11 is 3.27. The molecule has 1 N–H and O–H groups in total. The first-order chi connectivity index (χ1) is 15.4. The summed E-state index contributed by atoms with van der Waals surface area (Å²) in [5, 5.41) is 3.10. The third kappa shape index (κ3) is 5.82. The Balaban J connectivity index is 1.73. The van der Waals surface area contributed by atoms with Crippen LogP contribution in [0.5, 0.6) is 0 Å². The number of rotatable bonds is 9. The monoisotopic (exact) mass is 501 g/mol. The Kier molecular flexibility index (Phi) is 8.16. The molecule has 0 saturated carbocycles. The minimum absolute atomic E-state index is 0.125. The number of nitrogens with one attached hydrogen (secondary N) is 1. The molecule has 1 heterocycles. The fourth-order valence-electron chi connectivity index (χ4n) is 3.15. The number of ether oxygens (including phenoxy) is 1. The maximum atomic E-state index is 14.0. The lowest BCUT2D eigenvalue weighted by Gasteiger charge is -2.17. The quantitative estimate of drug-likeness (QED) is 0.317. The SMILES string of the molecule is CCCCOC(=O)Cn1c(Br)cnc(N[C@H](C)c2ccc(-c3ccccc3F)cc2)c1=O. The summed E-state index contributed by atoms with van der Waals surface area (Å²) in [5.74, 6) is -0.630. The van der Waals surface area contributed by atoms with Gasteiger partial charge in [-0.2, -0.15) is 0 Å². The summed E-state index contributed by atoms with van der Waals surface area (Å²) in [5.41, 5.74) is 1.77. The van der Waals surface area contributed by atoms with Crippen LogP contribution in [-0.2, 0) is 16.1 Å². The number of hydrogen-bond donors (Lipinski definition) is 1. The molecule has 8 heteroatoms. The van der Waals surface area contributed by atoms with Crippen LogP contribution < -0.4 is 10.9 Å². The van der Waals surface area contributed by atoms with Gasteiger partial charge in [-0.15, -0.1) is 0 Å². The molecule has 6 nitrogen and oxygen atoms in total. The first-order valence-corrected chi connectivity index (χ1v) is 11.2. The van der Waals surface area contributed by atoms with Crippen molar-refractivity contribution in [3.05, 3.63) is 81.1 Å². The average molecular weight is 502 g/mol. The summed E-state index contributed by atoms with van der Waals surface area (Å²) in [7, 11) is 0. The topological polar surface area (TPSA) is 73.2 Å². The molecule has 1 aromatic heterocycles. The maximum absolute atomic E-state index is 14.0. The predicted molar refractivity (Wildman–Crippen MR) is 126 cm³/mol. The van der Waals surface area contributed by atoms with E-state index in [1.807, 2.05) is 38.1 Å². The van der Waals surface area contributed by atoms with E-state index in [1.54, 1.807) is 18.2 Å². The number of carbonyl (C=O) groups is 1. The molecule has 0 aliphatic rings. The number of halogens is 2. The van der Waals surface area contributed by atoms with Crippen LogP contribution in [0.2, 0.25) is 0 Å². The van der Waals surface area contributed by atoms with Crippen molar-refractivity contribution >= 4 is 27.7 Å². The molecule has 0 amide bonds. The van der Waals surface area contributed by atoms with Crippen molar-refractivity contribution < 1.29 is 13.9 Å². The van der Waals surface area contributed by atoms with Gasteiger partial charge in [-0.1, -0.05) is 55.8 Å². The second kappa shape index (κ2) is 11.0. The standard InChI is InChI=1S/C24H25BrFN3O3/c1-3-4-13-32-22(30)15-29-21(25)14-27-23(24(29)31)28-16(2)17-9-11-18(12-10-17)19-7-5-6-8-20(19)26/h5-12,14,16H,3-4,13,15H2,1-2H3,(H,27,28)/t16-/m1/s1. The molecule has 2 aromatic carbocycles. The Hall–Kier alpha value is -3.00. The number of carbonyl (C=O) groups excluding carboxylic acids is 1. The summed E-state index contributed by atoms with van der Waals surface area (Å²) in [6.45, 7) is 4.03. The summed E-state index contributed by atoms with van der Waals surface area (Å²) < 4.78 is 20.8. The third-order valence-corrected chi connectivity index (χ3v) is 5.64. The summed E-state index contributed by atoms with van der Waals surface area (Å²) in [6.07, 6.45) is 3.16. The van der Waals surface area contributed by atoms with Crippen molar-refractivity contribution in [2.75, 3.05) is 11.9 Å². The zero-order valence-corrected chi connectivity index (χ0v) is 19.6. The fraction of sp³-hybridized carbons (Fsp3) is 0.292. The second-order valence-corrected chi connectivity index (χ2v) is 8.18. The van der Waals surface area contributed by atoms with Gasteiger partial charge in [0.2, 0.25) is 0 Å². The molecule has 168 valence electrons. The van der Waals surface area contributed by atoms with Crippen LogP contribution in [0.3, 0.4) is 0 Å². The highest BCUT2D eigenvalue weighted by atomic mass is 79.9. The second-order valence-electron chi connectivity index (χ2n) is 7.36. The van der Waals surface area contributed by atoms with E-state index in [0.717, 1.165) is 24.0 Å². The maximum Gasteiger partial charge on any atom is 0.326 e. The van der Waals surface area contributed by atoms with Crippen molar-refractivity contribution in [2.24, 2.45) is 0 Å². The van der Waals surface area contributed by atoms with Crippen LogP contribution in [0.4, 0.5) is 10.2 Å². The lowest BCUT2D eigenvalue weighted by molar-refractivity contribution is -0.144. The van der Waals surface area contributed by atoms with Gasteiger partial charge >= 0.3 is 5.97 Å². The third-order valence-electron chi connectivity index (χ3n) is 5.00. The smallest absolute Gasteiger partial charge is 0.326 e. The lowest BCUT2D eigenvalue weighted by atomic mass is 10.0. The highest BCUT2D eigenvalue weighted by Gasteiger charge is 2.15. The molecule has 0 spiro atoms. The van der Waals surface area contributed by atoms with Crippen molar-refractivity contribution in [1.82, 2.24) is 9.55 Å². The number of nitrogens with zero attached hydrogens (tertiary/aromatic N) is 2. The molecule has 0 unspecified atom stereocenters. The highest BCUT2D eigenvalue weighted by Crippen LogP contribution is 2.25. The van der Waals surface area contributed by atoms with Gasteiger partial charge in [-0.3, -0.25) is 14.2 Å². The largest absolute Gasteiger partial charge is 0.464 e. The zero-order chi connectivity index (χ0) is 23.1. The molecule has 0 radical (unpaired) electrons. The van der Waals surface area contributed by atoms with E-state index in [2.05, 4.69) is 26.2 Å². The molecule has 3 rings (SSSR count). The Morgan fingerprint density at radius 2 is 1.94 bits per heavy atom. The number of aromatic nitrogens is 2. The average Bonchev–Trinajstić information content (AvgIpc) is 2.79. The van der Waals surface area contributed by atoms with E-state index in [-0.39, 0.29) is 24.2 Å². The van der Waals surface area contributed by atoms with Gasteiger partial charge in [0.15, 0.2) is 5.82 Å². The minimum atomic E-state index is -0.477. The van der Waals surface area contributed by atoms with Gasteiger partial charge in [0, 0.05) is 5.56 Å². The van der Waals surface area contributed by atoms with E-state index < -0.39 is 11.5 Å². The number of unbranched alkanes of at least 4 members (excludes halogenated alkanes) is 1. The lowest BCUT2D eigenvalue weighted by Crippen LogP contribution is -2.29. The number of benzene rings is 2. The van der Waals surface area contributed by atoms with Gasteiger partial charge in [-0.05, 0) is 46.5 Å². The van der Waals surface area contributed by atoms with Gasteiger partial charge < -0.3 is 10.1 Å². The first-order valence-electron chi connectivity index (χ1n) is 10.4. The Morgan fingerprint density at radius 3 is 2.62 bits per heavy atom. The fourth-order valence-corrected chi connectivity index (χ4v) is 3.54. The summed E-state index contributed by atoms with van der Waals surface area (Å²) in [4.78, 5) is 29.1. The molecule has 0 aliphatic heterocycles. The van der Waals surface area contributed by atoms with E-state index in [4.69, 9.17) is 4.74 Å². The van der Waals surface area contributed by atoms with Crippen molar-refractivity contribution in [2.45, 2.75) is 39.3 Å². The number of hydrogen-bond acceptors (Lipinski definition) is 5. The number of esters is 1. The van der Waals surface area contributed by atoms with Crippen LogP contribution in [0.25, 0.3) is 11.1 Å². The van der Waals surface area contributed by atoms with E-state index >= 15 is 0 Å². The normalized spacial score (nSPS) is 11.8. The van der Waals surface area contributed by atoms with Crippen LogP contribution in [-0.4, -0.2) is 22.1 Å². The van der Waals surface area contributed by atoms with Crippen LogP contribution in [0.15, 0.2) is 64.1 Å². The number of anilines is 1. The molecule has 0 aliphatic carbocycles. The van der Waals surface area contributed by atoms with Crippen LogP contribution >= 0.6 is 15.9 Å². The highest BCUT2D eigenvalue weighted by molar-refractivity contribution is 9.10. The van der Waals surface area contributed by atoms with Gasteiger partial charge in [0.1, 0.15) is 17.0 Å². The van der Waals surface area contributed by atoms with Gasteiger partial charge in [0.25, 0.3) is 5.56 Å². The molecule has 3 aromatic rings. The first kappa shape index (κ1) is 23.7. The molecule has 1 atom stereocenters. The molecule has 0 bridgehead atoms. The zero-order valence-electron chi connectivity index (χ0n) is 18.0. The van der Waals surface area contributed by atoms with E-state index in [9.17, 15) is 14.0 Å². The molecule has 32 heavy (non-hydrogen) atoms. The molecular formula is C24H25BrFN3O3. The molecular weight excluding hydrogens is 477 g/mol. The van der Waals surface area contributed by atoms with Gasteiger partial charge in [0.05, 0.1) is 18.8 Å². The summed E-state index contributed by atoms with van der Waals surface area (Å²) in [6, 6.07) is 13.8. The Bertz CT molecular complexity index is 1130. The minimum Gasteiger partial charge on any atom is -0.464 e. The van der Waals surface area contributed by atoms with Crippen LogP contribution in [0.1, 0.15) is 38.3 Å². The molecule has 0 saturated heterocycles. The van der Waals surface area contributed by atoms with E-state index in [0.29, 0.717) is 16.8 Å². The van der Waals surface area contributed by atoms with Crippen molar-refractivity contribution in [3.8, 4) is 11.1 Å². The van der Waals surface area contributed by atoms with Crippen molar-refractivity contribution in [1.29, 1.82) is 0 Å². The van der Waals surface area contributed by atoms with Crippen molar-refractivity contribution in [3.63, 3.8) is 0 Å². The van der Waals surface area contributed by atoms with Gasteiger partial charge in [-0.25, -0.2) is 9.37 Å². The van der Waals surface area contributed by atoms with E-state index in [1.165, 1.54) is 16.8 Å². The predicted octanol–water partition coefficient (Wildman–Crippen LogP) is 5.33. The Labute approximate surface area is 194 Å². The Morgan fingerprint density at radius 1 is 1.22 bits per heavy atom. The van der Waals surface area contributed by atoms with Crippen LogP contribution in [0, 0.1) is 5.82 Å². The molecule has 0 fully saturated rings.